The van der Waals surface area contributed by atoms with E-state index in [1.54, 1.807) is 12.2 Å². The molecule has 0 radical (unpaired) electrons. The molecule has 1 aliphatic rings. The van der Waals surface area contributed by atoms with Crippen LogP contribution in [0.3, 0.4) is 0 Å². The van der Waals surface area contributed by atoms with Gasteiger partial charge in [-0.3, -0.25) is 0 Å². The summed E-state index contributed by atoms with van der Waals surface area (Å²) in [5.74, 6) is 0.574. The SMILES string of the molecule is C=CC/C=C1\COC(=O)O1. The Bertz CT molecular complexity index is 181. The highest BCUT2D eigenvalue weighted by Crippen LogP contribution is 2.10. The molecule has 1 heterocycles. The van der Waals surface area contributed by atoms with Gasteiger partial charge in [0, 0.05) is 0 Å². The molecule has 0 spiro atoms. The van der Waals surface area contributed by atoms with E-state index in [2.05, 4.69) is 16.1 Å². The molecule has 0 aromatic carbocycles. The molecule has 3 nitrogen and oxygen atoms in total. The van der Waals surface area contributed by atoms with Crippen LogP contribution in [0.15, 0.2) is 24.5 Å². The Morgan fingerprint density at radius 1 is 1.70 bits per heavy atom. The Balaban J connectivity index is 2.43. The van der Waals surface area contributed by atoms with Crippen molar-refractivity contribution in [3.05, 3.63) is 24.5 Å². The first kappa shape index (κ1) is 6.86. The van der Waals surface area contributed by atoms with Crippen molar-refractivity contribution in [3.8, 4) is 0 Å². The average Bonchev–Trinajstić information content (AvgIpc) is 2.31. The van der Waals surface area contributed by atoms with Crippen molar-refractivity contribution in [2.45, 2.75) is 6.42 Å². The summed E-state index contributed by atoms with van der Waals surface area (Å²) in [6, 6.07) is 0. The number of rotatable bonds is 2. The van der Waals surface area contributed by atoms with Crippen molar-refractivity contribution in [3.63, 3.8) is 0 Å². The number of ether oxygens (including phenoxy) is 2. The number of carbonyl (C=O) groups is 1. The van der Waals surface area contributed by atoms with Gasteiger partial charge < -0.3 is 9.47 Å². The number of hydrogen-bond donors (Lipinski definition) is 0. The molecule has 10 heavy (non-hydrogen) atoms. The van der Waals surface area contributed by atoms with Crippen LogP contribution in [0.5, 0.6) is 0 Å². The zero-order chi connectivity index (χ0) is 7.40. The van der Waals surface area contributed by atoms with Crippen LogP contribution in [-0.4, -0.2) is 12.8 Å². The fourth-order valence-electron chi connectivity index (χ4n) is 0.611. The predicted octanol–water partition coefficient (Wildman–Crippen LogP) is 1.61. The van der Waals surface area contributed by atoms with Gasteiger partial charge in [-0.1, -0.05) is 6.08 Å². The van der Waals surface area contributed by atoms with Crippen molar-refractivity contribution >= 4 is 6.16 Å². The zero-order valence-corrected chi connectivity index (χ0v) is 5.50. The highest BCUT2D eigenvalue weighted by atomic mass is 16.8. The molecule has 1 rings (SSSR count). The number of cyclic esters (lactones) is 2. The summed E-state index contributed by atoms with van der Waals surface area (Å²) in [5.41, 5.74) is 0. The molecule has 0 atom stereocenters. The zero-order valence-electron chi connectivity index (χ0n) is 5.50. The largest absolute Gasteiger partial charge is 0.514 e. The van der Waals surface area contributed by atoms with Gasteiger partial charge in [0.15, 0.2) is 6.61 Å². The molecule has 0 aliphatic carbocycles. The molecule has 0 saturated carbocycles. The van der Waals surface area contributed by atoms with Gasteiger partial charge in [-0.05, 0) is 12.5 Å². The summed E-state index contributed by atoms with van der Waals surface area (Å²) in [6.07, 6.45) is 3.57. The van der Waals surface area contributed by atoms with Crippen molar-refractivity contribution in [1.82, 2.24) is 0 Å². The van der Waals surface area contributed by atoms with E-state index in [-0.39, 0.29) is 6.61 Å². The lowest BCUT2D eigenvalue weighted by Crippen LogP contribution is -1.88. The van der Waals surface area contributed by atoms with E-state index in [1.165, 1.54) is 0 Å². The first-order chi connectivity index (χ1) is 4.83. The van der Waals surface area contributed by atoms with Gasteiger partial charge >= 0.3 is 6.16 Å². The third kappa shape index (κ3) is 1.62. The summed E-state index contributed by atoms with van der Waals surface area (Å²) in [7, 11) is 0. The molecule has 1 saturated heterocycles. The minimum Gasteiger partial charge on any atom is -0.426 e. The van der Waals surface area contributed by atoms with E-state index in [9.17, 15) is 4.79 Å². The van der Waals surface area contributed by atoms with E-state index in [0.717, 1.165) is 0 Å². The summed E-state index contributed by atoms with van der Waals surface area (Å²) >= 11 is 0. The van der Waals surface area contributed by atoms with E-state index in [4.69, 9.17) is 0 Å². The highest BCUT2D eigenvalue weighted by Gasteiger charge is 2.17. The lowest BCUT2D eigenvalue weighted by molar-refractivity contribution is 0.136. The van der Waals surface area contributed by atoms with Crippen LogP contribution in [0.2, 0.25) is 0 Å². The summed E-state index contributed by atoms with van der Waals surface area (Å²) in [5, 5.41) is 0. The number of allylic oxidation sites excluding steroid dienone is 2. The van der Waals surface area contributed by atoms with E-state index < -0.39 is 6.16 Å². The molecule has 1 fully saturated rings. The van der Waals surface area contributed by atoms with Crippen LogP contribution in [0, 0.1) is 0 Å². The fourth-order valence-corrected chi connectivity index (χ4v) is 0.611. The lowest BCUT2D eigenvalue weighted by atomic mass is 10.3. The van der Waals surface area contributed by atoms with Gasteiger partial charge in [-0.15, -0.1) is 6.58 Å². The first-order valence-corrected chi connectivity index (χ1v) is 2.97. The van der Waals surface area contributed by atoms with Crippen LogP contribution in [0.25, 0.3) is 0 Å². The fraction of sp³-hybridized carbons (Fsp3) is 0.286. The third-order valence-corrected chi connectivity index (χ3v) is 1.06. The normalized spacial score (nSPS) is 20.4. The van der Waals surface area contributed by atoms with Crippen LogP contribution in [0.4, 0.5) is 4.79 Å². The molecule has 0 unspecified atom stereocenters. The van der Waals surface area contributed by atoms with Crippen molar-refractivity contribution in [2.75, 3.05) is 6.61 Å². The Hall–Kier alpha value is -1.25. The minimum atomic E-state index is -0.615. The van der Waals surface area contributed by atoms with Crippen molar-refractivity contribution in [2.24, 2.45) is 0 Å². The molecule has 0 N–H and O–H groups in total. The standard InChI is InChI=1S/C7H8O3/c1-2-3-4-6-5-9-7(8)10-6/h2,4H,1,3,5H2/b6-4+. The Morgan fingerprint density at radius 2 is 2.50 bits per heavy atom. The van der Waals surface area contributed by atoms with Crippen LogP contribution >= 0.6 is 0 Å². The van der Waals surface area contributed by atoms with Gasteiger partial charge in [0.1, 0.15) is 5.76 Å². The first-order valence-electron chi connectivity index (χ1n) is 2.97. The van der Waals surface area contributed by atoms with Crippen molar-refractivity contribution < 1.29 is 14.3 Å². The van der Waals surface area contributed by atoms with Crippen LogP contribution in [0.1, 0.15) is 6.42 Å². The number of carbonyl (C=O) groups excluding carboxylic acids is 1. The second-order valence-corrected chi connectivity index (χ2v) is 1.84. The average molecular weight is 140 g/mol. The van der Waals surface area contributed by atoms with E-state index in [0.29, 0.717) is 12.2 Å². The third-order valence-electron chi connectivity index (χ3n) is 1.06. The van der Waals surface area contributed by atoms with E-state index >= 15 is 0 Å². The van der Waals surface area contributed by atoms with Crippen molar-refractivity contribution in [1.29, 1.82) is 0 Å². The van der Waals surface area contributed by atoms with Gasteiger partial charge in [-0.2, -0.15) is 0 Å². The molecule has 0 aromatic heterocycles. The van der Waals surface area contributed by atoms with Gasteiger partial charge in [0.25, 0.3) is 0 Å². The minimum absolute atomic E-state index is 0.257. The monoisotopic (exact) mass is 140 g/mol. The molecular weight excluding hydrogens is 132 g/mol. The summed E-state index contributed by atoms with van der Waals surface area (Å²) in [4.78, 5) is 10.3. The smallest absolute Gasteiger partial charge is 0.426 e. The second-order valence-electron chi connectivity index (χ2n) is 1.84. The molecule has 0 amide bonds. The second kappa shape index (κ2) is 3.06. The maximum Gasteiger partial charge on any atom is 0.514 e. The quantitative estimate of drug-likeness (QED) is 0.431. The highest BCUT2D eigenvalue weighted by molar-refractivity contribution is 5.64. The molecular formula is C7H8O3. The molecule has 3 heteroatoms. The molecule has 1 aliphatic heterocycles. The maximum atomic E-state index is 10.3. The number of hydrogen-bond acceptors (Lipinski definition) is 3. The Kier molecular flexibility index (Phi) is 2.10. The van der Waals surface area contributed by atoms with Gasteiger partial charge in [0.2, 0.25) is 0 Å². The topological polar surface area (TPSA) is 35.5 Å². The van der Waals surface area contributed by atoms with Gasteiger partial charge in [-0.25, -0.2) is 4.79 Å². The predicted molar refractivity (Wildman–Crippen MR) is 35.3 cm³/mol. The summed E-state index contributed by atoms with van der Waals surface area (Å²) in [6.45, 7) is 3.77. The molecule has 0 aromatic rings. The molecule has 54 valence electrons. The Labute approximate surface area is 58.9 Å². The maximum absolute atomic E-state index is 10.3. The van der Waals surface area contributed by atoms with Gasteiger partial charge in [0.05, 0.1) is 0 Å². The van der Waals surface area contributed by atoms with Crippen LogP contribution in [-0.2, 0) is 9.47 Å². The Morgan fingerprint density at radius 3 is 3.00 bits per heavy atom. The molecule has 0 bridgehead atoms. The van der Waals surface area contributed by atoms with E-state index in [1.807, 2.05) is 0 Å². The van der Waals surface area contributed by atoms with Crippen LogP contribution < -0.4 is 0 Å². The summed E-state index contributed by atoms with van der Waals surface area (Å²) < 4.78 is 9.11. The lowest BCUT2D eigenvalue weighted by Gasteiger charge is -1.87.